The third-order valence-corrected chi connectivity index (χ3v) is 4.34. The van der Waals surface area contributed by atoms with E-state index in [1.54, 1.807) is 7.11 Å². The van der Waals surface area contributed by atoms with Gasteiger partial charge in [0.1, 0.15) is 5.75 Å². The van der Waals surface area contributed by atoms with Crippen LogP contribution in [0.1, 0.15) is 57.1 Å². The summed E-state index contributed by atoms with van der Waals surface area (Å²) in [6.45, 7) is 9.99. The quantitative estimate of drug-likeness (QED) is 0.885. The van der Waals surface area contributed by atoms with Crippen LogP contribution in [0.4, 0.5) is 0 Å². The summed E-state index contributed by atoms with van der Waals surface area (Å²) >= 11 is 0. The van der Waals surface area contributed by atoms with E-state index in [0.29, 0.717) is 5.92 Å². The van der Waals surface area contributed by atoms with Gasteiger partial charge in [-0.15, -0.1) is 0 Å². The molecule has 2 nitrogen and oxygen atoms in total. The number of hydrogen-bond acceptors (Lipinski definition) is 2. The van der Waals surface area contributed by atoms with E-state index >= 15 is 0 Å². The summed E-state index contributed by atoms with van der Waals surface area (Å²) in [6, 6.07) is 6.58. The van der Waals surface area contributed by atoms with Crippen LogP contribution in [0.25, 0.3) is 0 Å². The number of ether oxygens (including phenoxy) is 1. The van der Waals surface area contributed by atoms with Gasteiger partial charge in [0.25, 0.3) is 0 Å². The molecular formula is C18H29NO. The first-order valence-corrected chi connectivity index (χ1v) is 7.80. The zero-order valence-corrected chi connectivity index (χ0v) is 13.6. The van der Waals surface area contributed by atoms with Crippen molar-refractivity contribution in [3.8, 4) is 5.75 Å². The molecule has 1 saturated carbocycles. The summed E-state index contributed by atoms with van der Waals surface area (Å²) in [6.07, 6.45) is 3.94. The minimum absolute atomic E-state index is 0.198. The van der Waals surface area contributed by atoms with E-state index in [0.717, 1.165) is 18.2 Å². The standard InChI is InChI=1S/C18H29NO/c1-13-9-10-17(20-5)16(11-13)15-8-6-7-14(15)12-19-18(2,3)4/h9-11,14-15,19H,6-8,12H2,1-5H3. The number of hydrogen-bond donors (Lipinski definition) is 1. The van der Waals surface area contributed by atoms with Crippen molar-refractivity contribution < 1.29 is 4.74 Å². The lowest BCUT2D eigenvalue weighted by molar-refractivity contribution is 0.348. The fourth-order valence-electron chi connectivity index (χ4n) is 3.27. The molecule has 0 aromatic heterocycles. The van der Waals surface area contributed by atoms with Crippen molar-refractivity contribution in [2.45, 2.75) is 58.4 Å². The zero-order valence-electron chi connectivity index (χ0n) is 13.6. The maximum atomic E-state index is 5.59. The molecule has 0 heterocycles. The van der Waals surface area contributed by atoms with Crippen molar-refractivity contribution in [2.24, 2.45) is 5.92 Å². The summed E-state index contributed by atoms with van der Waals surface area (Å²) in [5, 5.41) is 3.67. The van der Waals surface area contributed by atoms with Crippen molar-refractivity contribution in [3.63, 3.8) is 0 Å². The van der Waals surface area contributed by atoms with E-state index in [1.165, 1.54) is 30.4 Å². The third kappa shape index (κ3) is 3.76. The molecule has 1 aromatic rings. The molecule has 2 unspecified atom stereocenters. The Bertz CT molecular complexity index is 447. The number of aryl methyl sites for hydroxylation is 1. The molecule has 1 aromatic carbocycles. The number of nitrogens with one attached hydrogen (secondary N) is 1. The number of methoxy groups -OCH3 is 1. The molecule has 0 saturated heterocycles. The number of benzene rings is 1. The SMILES string of the molecule is COc1ccc(C)cc1C1CCCC1CNC(C)(C)C. The van der Waals surface area contributed by atoms with Crippen molar-refractivity contribution >= 4 is 0 Å². The first-order chi connectivity index (χ1) is 9.40. The minimum atomic E-state index is 0.198. The first kappa shape index (κ1) is 15.4. The monoisotopic (exact) mass is 275 g/mol. The summed E-state index contributed by atoms with van der Waals surface area (Å²) < 4.78 is 5.59. The van der Waals surface area contributed by atoms with Gasteiger partial charge in [0.05, 0.1) is 7.11 Å². The molecule has 112 valence electrons. The Kier molecular flexibility index (Phi) is 4.74. The second kappa shape index (κ2) is 6.17. The normalized spacial score (nSPS) is 23.1. The third-order valence-electron chi connectivity index (χ3n) is 4.34. The van der Waals surface area contributed by atoms with Crippen molar-refractivity contribution in [3.05, 3.63) is 29.3 Å². The average molecular weight is 275 g/mol. The minimum Gasteiger partial charge on any atom is -0.496 e. The van der Waals surface area contributed by atoms with Gasteiger partial charge in [-0.05, 0) is 70.5 Å². The van der Waals surface area contributed by atoms with Crippen LogP contribution in [0.3, 0.4) is 0 Å². The predicted molar refractivity (Wildman–Crippen MR) is 85.6 cm³/mol. The molecule has 1 aliphatic rings. The van der Waals surface area contributed by atoms with Gasteiger partial charge >= 0.3 is 0 Å². The number of rotatable bonds is 4. The van der Waals surface area contributed by atoms with Gasteiger partial charge in [0, 0.05) is 5.54 Å². The highest BCUT2D eigenvalue weighted by Crippen LogP contribution is 2.43. The smallest absolute Gasteiger partial charge is 0.122 e. The molecule has 2 rings (SSSR count). The molecule has 0 spiro atoms. The van der Waals surface area contributed by atoms with Crippen molar-refractivity contribution in [1.82, 2.24) is 5.32 Å². The lowest BCUT2D eigenvalue weighted by atomic mass is 9.87. The van der Waals surface area contributed by atoms with E-state index in [4.69, 9.17) is 4.74 Å². The largest absolute Gasteiger partial charge is 0.496 e. The summed E-state index contributed by atoms with van der Waals surface area (Å²) in [5.41, 5.74) is 2.94. The van der Waals surface area contributed by atoms with Crippen LogP contribution in [0.15, 0.2) is 18.2 Å². The molecule has 0 radical (unpaired) electrons. The fraction of sp³-hybridized carbons (Fsp3) is 0.667. The molecule has 2 atom stereocenters. The lowest BCUT2D eigenvalue weighted by Gasteiger charge is -2.27. The van der Waals surface area contributed by atoms with Crippen LogP contribution in [0.2, 0.25) is 0 Å². The molecule has 1 aliphatic carbocycles. The van der Waals surface area contributed by atoms with Crippen LogP contribution in [-0.2, 0) is 0 Å². The Morgan fingerprint density at radius 3 is 2.65 bits per heavy atom. The molecular weight excluding hydrogens is 246 g/mol. The van der Waals surface area contributed by atoms with Gasteiger partial charge in [0.2, 0.25) is 0 Å². The molecule has 2 heteroatoms. The fourth-order valence-corrected chi connectivity index (χ4v) is 3.27. The highest BCUT2D eigenvalue weighted by molar-refractivity contribution is 5.40. The average Bonchev–Trinajstić information content (AvgIpc) is 2.83. The Labute approximate surface area is 123 Å². The molecule has 1 N–H and O–H groups in total. The highest BCUT2D eigenvalue weighted by atomic mass is 16.5. The maximum absolute atomic E-state index is 5.59. The molecule has 0 aliphatic heterocycles. The van der Waals surface area contributed by atoms with Crippen LogP contribution in [0, 0.1) is 12.8 Å². The van der Waals surface area contributed by atoms with Crippen LogP contribution >= 0.6 is 0 Å². The second-order valence-corrected chi connectivity index (χ2v) is 7.17. The zero-order chi connectivity index (χ0) is 14.8. The van der Waals surface area contributed by atoms with E-state index in [1.807, 2.05) is 0 Å². The van der Waals surface area contributed by atoms with E-state index < -0.39 is 0 Å². The van der Waals surface area contributed by atoms with E-state index in [-0.39, 0.29) is 5.54 Å². The molecule has 20 heavy (non-hydrogen) atoms. The van der Waals surface area contributed by atoms with Gasteiger partial charge in [0.15, 0.2) is 0 Å². The van der Waals surface area contributed by atoms with Gasteiger partial charge < -0.3 is 10.1 Å². The summed E-state index contributed by atoms with van der Waals surface area (Å²) in [7, 11) is 1.78. The van der Waals surface area contributed by atoms with Gasteiger partial charge in [-0.2, -0.15) is 0 Å². The Morgan fingerprint density at radius 2 is 2.00 bits per heavy atom. The van der Waals surface area contributed by atoms with Crippen LogP contribution in [-0.4, -0.2) is 19.2 Å². The Morgan fingerprint density at radius 1 is 1.25 bits per heavy atom. The van der Waals surface area contributed by atoms with E-state index in [9.17, 15) is 0 Å². The van der Waals surface area contributed by atoms with Crippen LogP contribution < -0.4 is 10.1 Å². The van der Waals surface area contributed by atoms with Crippen molar-refractivity contribution in [2.75, 3.05) is 13.7 Å². The predicted octanol–water partition coefficient (Wildman–Crippen LogP) is 4.28. The Balaban J connectivity index is 2.16. The van der Waals surface area contributed by atoms with E-state index in [2.05, 4.69) is 51.2 Å². The summed E-state index contributed by atoms with van der Waals surface area (Å²) in [4.78, 5) is 0. The molecule has 1 fully saturated rings. The molecule has 0 bridgehead atoms. The van der Waals surface area contributed by atoms with Gasteiger partial charge in [-0.3, -0.25) is 0 Å². The van der Waals surface area contributed by atoms with Gasteiger partial charge in [-0.1, -0.05) is 24.1 Å². The maximum Gasteiger partial charge on any atom is 0.122 e. The topological polar surface area (TPSA) is 21.3 Å². The molecule has 0 amide bonds. The lowest BCUT2D eigenvalue weighted by Crippen LogP contribution is -2.39. The highest BCUT2D eigenvalue weighted by Gasteiger charge is 2.31. The Hall–Kier alpha value is -1.02. The van der Waals surface area contributed by atoms with Crippen molar-refractivity contribution in [1.29, 1.82) is 0 Å². The second-order valence-electron chi connectivity index (χ2n) is 7.17. The van der Waals surface area contributed by atoms with Gasteiger partial charge in [-0.25, -0.2) is 0 Å². The van der Waals surface area contributed by atoms with Crippen LogP contribution in [0.5, 0.6) is 5.75 Å². The first-order valence-electron chi connectivity index (χ1n) is 7.80. The summed E-state index contributed by atoms with van der Waals surface area (Å²) in [5.74, 6) is 2.42.